The number of unbranched alkanes of at least 4 members (excludes halogenated alkanes) is 9. The molecule has 0 aromatic rings. The SMILES string of the molecule is CCCCC/C=C/C/C=C\CCCCCCCC. The smallest absolute Gasteiger partial charge is 0.0169 e. The molecule has 0 aliphatic carbocycles. The zero-order valence-corrected chi connectivity index (χ0v) is 12.8. The Morgan fingerprint density at radius 3 is 1.56 bits per heavy atom. The van der Waals surface area contributed by atoms with Crippen molar-refractivity contribution < 1.29 is 0 Å². The zero-order valence-electron chi connectivity index (χ0n) is 12.8. The van der Waals surface area contributed by atoms with Gasteiger partial charge in [0.1, 0.15) is 0 Å². The Morgan fingerprint density at radius 1 is 0.500 bits per heavy atom. The molecule has 0 heteroatoms. The molecule has 0 aromatic carbocycles. The Labute approximate surface area is 116 Å². The van der Waals surface area contributed by atoms with Crippen LogP contribution >= 0.6 is 0 Å². The molecule has 0 aromatic heterocycles. The van der Waals surface area contributed by atoms with Gasteiger partial charge in [0, 0.05) is 0 Å². The van der Waals surface area contributed by atoms with Gasteiger partial charge in [0.15, 0.2) is 0 Å². The van der Waals surface area contributed by atoms with Crippen molar-refractivity contribution in [2.75, 3.05) is 0 Å². The standard InChI is InChI=1S/C18H34/c1-3-5-7-9-11-13-15-17-18-16-14-12-10-8-6-4-2/h11,13,17-18H,3-10,12,14-16H2,1-2H3/b13-11+,18-17-. The number of hydrogen-bond acceptors (Lipinski definition) is 0. The van der Waals surface area contributed by atoms with E-state index in [0.717, 1.165) is 6.42 Å². The van der Waals surface area contributed by atoms with Gasteiger partial charge in [-0.05, 0) is 32.1 Å². The lowest BCUT2D eigenvalue weighted by atomic mass is 10.1. The molecule has 0 amide bonds. The number of rotatable bonds is 13. The van der Waals surface area contributed by atoms with E-state index in [0.29, 0.717) is 0 Å². The predicted molar refractivity (Wildman–Crippen MR) is 85.0 cm³/mol. The van der Waals surface area contributed by atoms with Crippen LogP contribution in [0.4, 0.5) is 0 Å². The van der Waals surface area contributed by atoms with E-state index in [-0.39, 0.29) is 0 Å². The second-order valence-electron chi connectivity index (χ2n) is 5.23. The van der Waals surface area contributed by atoms with Crippen LogP contribution in [0.1, 0.15) is 90.9 Å². The highest BCUT2D eigenvalue weighted by atomic mass is 13.9. The summed E-state index contributed by atoms with van der Waals surface area (Å²) in [5.41, 5.74) is 0. The summed E-state index contributed by atoms with van der Waals surface area (Å²) in [6.45, 7) is 4.53. The molecule has 0 rings (SSSR count). The Kier molecular flexibility index (Phi) is 16.0. The van der Waals surface area contributed by atoms with Crippen LogP contribution in [-0.4, -0.2) is 0 Å². The first kappa shape index (κ1) is 17.5. The number of allylic oxidation sites excluding steroid dienone is 4. The van der Waals surface area contributed by atoms with Crippen molar-refractivity contribution in [2.24, 2.45) is 0 Å². The van der Waals surface area contributed by atoms with Crippen molar-refractivity contribution in [3.05, 3.63) is 24.3 Å². The predicted octanol–water partition coefficient (Wildman–Crippen LogP) is 6.82. The second-order valence-corrected chi connectivity index (χ2v) is 5.23. The molecule has 0 aliphatic rings. The maximum absolute atomic E-state index is 2.36. The molecule has 0 saturated carbocycles. The van der Waals surface area contributed by atoms with Gasteiger partial charge in [-0.25, -0.2) is 0 Å². The van der Waals surface area contributed by atoms with Crippen LogP contribution in [-0.2, 0) is 0 Å². The van der Waals surface area contributed by atoms with Crippen LogP contribution in [0, 0.1) is 0 Å². The maximum Gasteiger partial charge on any atom is -0.0169 e. The minimum Gasteiger partial charge on any atom is -0.0882 e. The van der Waals surface area contributed by atoms with Crippen LogP contribution in [0.3, 0.4) is 0 Å². The first-order valence-corrected chi connectivity index (χ1v) is 8.21. The van der Waals surface area contributed by atoms with Crippen molar-refractivity contribution in [2.45, 2.75) is 90.9 Å². The van der Waals surface area contributed by atoms with Gasteiger partial charge in [0.2, 0.25) is 0 Å². The second kappa shape index (κ2) is 16.5. The lowest BCUT2D eigenvalue weighted by Crippen LogP contribution is -1.77. The molecule has 0 saturated heterocycles. The third kappa shape index (κ3) is 15.5. The highest BCUT2D eigenvalue weighted by Crippen LogP contribution is 2.07. The zero-order chi connectivity index (χ0) is 13.3. The maximum atomic E-state index is 2.36. The third-order valence-corrected chi connectivity index (χ3v) is 3.30. The summed E-state index contributed by atoms with van der Waals surface area (Å²) in [7, 11) is 0. The van der Waals surface area contributed by atoms with E-state index in [9.17, 15) is 0 Å². The van der Waals surface area contributed by atoms with Crippen LogP contribution in [0.25, 0.3) is 0 Å². The van der Waals surface area contributed by atoms with E-state index < -0.39 is 0 Å². The van der Waals surface area contributed by atoms with Crippen LogP contribution < -0.4 is 0 Å². The number of hydrogen-bond donors (Lipinski definition) is 0. The summed E-state index contributed by atoms with van der Waals surface area (Å²) < 4.78 is 0. The van der Waals surface area contributed by atoms with Crippen molar-refractivity contribution in [3.63, 3.8) is 0 Å². The molecule has 18 heavy (non-hydrogen) atoms. The van der Waals surface area contributed by atoms with Gasteiger partial charge in [-0.1, -0.05) is 83.1 Å². The fourth-order valence-corrected chi connectivity index (χ4v) is 2.06. The minimum absolute atomic E-state index is 1.13. The summed E-state index contributed by atoms with van der Waals surface area (Å²) in [4.78, 5) is 0. The van der Waals surface area contributed by atoms with Gasteiger partial charge >= 0.3 is 0 Å². The highest BCUT2D eigenvalue weighted by Gasteiger charge is 1.87. The average molecular weight is 250 g/mol. The fourth-order valence-electron chi connectivity index (χ4n) is 2.06. The highest BCUT2D eigenvalue weighted by molar-refractivity contribution is 4.92. The van der Waals surface area contributed by atoms with Crippen molar-refractivity contribution in [1.29, 1.82) is 0 Å². The van der Waals surface area contributed by atoms with Gasteiger partial charge < -0.3 is 0 Å². The summed E-state index contributed by atoms with van der Waals surface area (Å²) >= 11 is 0. The van der Waals surface area contributed by atoms with Crippen molar-refractivity contribution >= 4 is 0 Å². The average Bonchev–Trinajstić information content (AvgIpc) is 2.39. The largest absolute Gasteiger partial charge is 0.0882 e. The molecular weight excluding hydrogens is 216 g/mol. The molecule has 106 valence electrons. The van der Waals surface area contributed by atoms with Gasteiger partial charge in [-0.3, -0.25) is 0 Å². The van der Waals surface area contributed by atoms with E-state index in [2.05, 4.69) is 38.2 Å². The van der Waals surface area contributed by atoms with Gasteiger partial charge in [0.05, 0.1) is 0 Å². The molecule has 0 spiro atoms. The molecule has 0 unspecified atom stereocenters. The summed E-state index contributed by atoms with van der Waals surface area (Å²) in [5.74, 6) is 0. The Hall–Kier alpha value is -0.520. The summed E-state index contributed by atoms with van der Waals surface area (Å²) in [6, 6.07) is 0. The van der Waals surface area contributed by atoms with Crippen molar-refractivity contribution in [1.82, 2.24) is 0 Å². The van der Waals surface area contributed by atoms with Crippen LogP contribution in [0.2, 0.25) is 0 Å². The fraction of sp³-hybridized carbons (Fsp3) is 0.778. The molecular formula is C18H34. The van der Waals surface area contributed by atoms with E-state index in [4.69, 9.17) is 0 Å². The van der Waals surface area contributed by atoms with Gasteiger partial charge in [-0.15, -0.1) is 0 Å². The normalized spacial score (nSPS) is 11.9. The van der Waals surface area contributed by atoms with Crippen LogP contribution in [0.5, 0.6) is 0 Å². The van der Waals surface area contributed by atoms with Gasteiger partial charge in [0.25, 0.3) is 0 Å². The van der Waals surface area contributed by atoms with Crippen molar-refractivity contribution in [3.8, 4) is 0 Å². The minimum atomic E-state index is 1.13. The van der Waals surface area contributed by atoms with E-state index in [1.54, 1.807) is 0 Å². The van der Waals surface area contributed by atoms with Gasteiger partial charge in [-0.2, -0.15) is 0 Å². The summed E-state index contributed by atoms with van der Waals surface area (Å²) in [6.07, 6.45) is 25.5. The molecule has 0 atom stereocenters. The monoisotopic (exact) mass is 250 g/mol. The first-order chi connectivity index (χ1) is 8.91. The van der Waals surface area contributed by atoms with E-state index in [1.807, 2.05) is 0 Å². The Balaban J connectivity index is 3.13. The molecule has 0 radical (unpaired) electrons. The quantitative estimate of drug-likeness (QED) is 0.248. The Bertz CT molecular complexity index is 188. The van der Waals surface area contributed by atoms with E-state index in [1.165, 1.54) is 70.6 Å². The molecule has 0 heterocycles. The molecule has 0 N–H and O–H groups in total. The third-order valence-electron chi connectivity index (χ3n) is 3.30. The van der Waals surface area contributed by atoms with E-state index >= 15 is 0 Å². The first-order valence-electron chi connectivity index (χ1n) is 8.21. The molecule has 0 fully saturated rings. The molecule has 0 nitrogen and oxygen atoms in total. The topological polar surface area (TPSA) is 0 Å². The molecule has 0 aliphatic heterocycles. The lowest BCUT2D eigenvalue weighted by molar-refractivity contribution is 0.611. The van der Waals surface area contributed by atoms with Crippen LogP contribution in [0.15, 0.2) is 24.3 Å². The summed E-state index contributed by atoms with van der Waals surface area (Å²) in [5, 5.41) is 0. The molecule has 0 bridgehead atoms. The Morgan fingerprint density at radius 2 is 0.944 bits per heavy atom. The lowest BCUT2D eigenvalue weighted by Gasteiger charge is -1.97.